The average Bonchev–Trinajstić information content (AvgIpc) is 2.91. The fourth-order valence-electron chi connectivity index (χ4n) is 3.57. The van der Waals surface area contributed by atoms with Crippen LogP contribution in [-0.2, 0) is 29.7 Å². The number of hydrogen-bond acceptors (Lipinski definition) is 6. The van der Waals surface area contributed by atoms with Crippen molar-refractivity contribution in [3.63, 3.8) is 0 Å². The van der Waals surface area contributed by atoms with Crippen LogP contribution in [0.5, 0.6) is 0 Å². The zero-order valence-corrected chi connectivity index (χ0v) is 23.2. The summed E-state index contributed by atoms with van der Waals surface area (Å²) in [6.45, 7) is 7.79. The van der Waals surface area contributed by atoms with Gasteiger partial charge in [0.25, 0.3) is 0 Å². The van der Waals surface area contributed by atoms with Gasteiger partial charge in [-0.1, -0.05) is 67.3 Å². The molecule has 0 aliphatic heterocycles. The fourth-order valence-corrected chi connectivity index (χ4v) is 7.72. The topological polar surface area (TPSA) is 106 Å². The molecule has 3 aromatic carbocycles. The first kappa shape index (κ1) is 29.1. The van der Waals surface area contributed by atoms with E-state index >= 15 is 0 Å². The van der Waals surface area contributed by atoms with Crippen LogP contribution in [0.4, 0.5) is 0 Å². The van der Waals surface area contributed by atoms with Crippen LogP contribution in [-0.4, -0.2) is 42.6 Å². The van der Waals surface area contributed by atoms with E-state index in [0.29, 0.717) is 0 Å². The van der Waals surface area contributed by atoms with Gasteiger partial charge in [0.15, 0.2) is 0 Å². The van der Waals surface area contributed by atoms with Crippen LogP contribution in [0.2, 0.25) is 0 Å². The van der Waals surface area contributed by atoms with E-state index in [0.717, 1.165) is 9.87 Å². The Hall–Kier alpha value is -3.49. The Morgan fingerprint density at radius 2 is 1.11 bits per heavy atom. The van der Waals surface area contributed by atoms with Crippen molar-refractivity contribution in [1.29, 1.82) is 0 Å². The largest absolute Gasteiger partial charge is 0.243 e. The monoisotopic (exact) mass is 569 g/mol. The zero-order chi connectivity index (χ0) is 28.0. The van der Waals surface area contributed by atoms with Crippen LogP contribution in [0.25, 0.3) is 0 Å². The molecule has 0 heterocycles. The smallest absolute Gasteiger partial charge is 0.218 e. The molecule has 0 saturated heterocycles. The summed E-state index contributed by atoms with van der Waals surface area (Å²) in [4.78, 5) is -0.689. The molecule has 10 heteroatoms. The highest BCUT2D eigenvalue weighted by Crippen LogP contribution is 2.26. The van der Waals surface area contributed by atoms with Gasteiger partial charge in [-0.15, -0.1) is 11.5 Å². The van der Waals surface area contributed by atoms with Crippen LogP contribution >= 0.6 is 0 Å². The standard InChI is InChI=1S/C28H27NO6S3/c1-4-24(36(30,31)26-12-8-6-9-13-26)20-21-29(38(34,35)28-18-16-23(3)17-19-28)22-25(5-2)37(32,33)27-14-10-7-11-15-27/h6-19H,1-2,20-22H2,3H3. The first-order valence-electron chi connectivity index (χ1n) is 11.4. The van der Waals surface area contributed by atoms with E-state index in [-0.39, 0.29) is 37.5 Å². The minimum absolute atomic E-state index is 0.0115. The summed E-state index contributed by atoms with van der Waals surface area (Å²) in [5, 5.41) is 0. The van der Waals surface area contributed by atoms with E-state index in [4.69, 9.17) is 0 Å². The number of rotatable bonds is 11. The molecule has 0 N–H and O–H groups in total. The second-order valence-electron chi connectivity index (χ2n) is 8.23. The first-order valence-corrected chi connectivity index (χ1v) is 15.8. The maximum absolute atomic E-state index is 13.7. The van der Waals surface area contributed by atoms with Gasteiger partial charge in [0.1, 0.15) is 4.91 Å². The first-order chi connectivity index (χ1) is 17.9. The molecule has 3 aromatic rings. The number of sulfone groups is 2. The quantitative estimate of drug-likeness (QED) is 0.311. The lowest BCUT2D eigenvalue weighted by Crippen LogP contribution is -2.35. The third-order valence-electron chi connectivity index (χ3n) is 5.72. The average molecular weight is 570 g/mol. The molecule has 0 atom stereocenters. The predicted molar refractivity (Wildman–Crippen MR) is 147 cm³/mol. The van der Waals surface area contributed by atoms with E-state index in [1.54, 1.807) is 55.5 Å². The second kappa shape index (κ2) is 11.9. The molecule has 0 radical (unpaired) electrons. The van der Waals surface area contributed by atoms with Gasteiger partial charge < -0.3 is 0 Å². The molecule has 0 aliphatic rings. The van der Waals surface area contributed by atoms with Crippen LogP contribution < -0.4 is 0 Å². The Balaban J connectivity index is 2.02. The molecule has 0 saturated carbocycles. The van der Waals surface area contributed by atoms with Gasteiger partial charge in [-0.25, -0.2) is 25.3 Å². The van der Waals surface area contributed by atoms with Crippen LogP contribution in [0, 0.1) is 6.92 Å². The van der Waals surface area contributed by atoms with Crippen molar-refractivity contribution in [2.45, 2.75) is 28.0 Å². The molecule has 0 unspecified atom stereocenters. The normalized spacial score (nSPS) is 11.9. The molecular weight excluding hydrogens is 543 g/mol. The highest BCUT2D eigenvalue weighted by molar-refractivity contribution is 7.95. The summed E-state index contributed by atoms with van der Waals surface area (Å²) >= 11 is 0. The lowest BCUT2D eigenvalue weighted by atomic mass is 10.2. The van der Waals surface area contributed by atoms with Gasteiger partial charge in [0, 0.05) is 13.0 Å². The lowest BCUT2D eigenvalue weighted by Gasteiger charge is -2.23. The summed E-state index contributed by atoms with van der Waals surface area (Å²) in [7, 11) is -12.4. The molecule has 0 spiro atoms. The van der Waals surface area contributed by atoms with E-state index in [9.17, 15) is 25.3 Å². The van der Waals surface area contributed by atoms with Crippen LogP contribution in [0.15, 0.2) is 134 Å². The van der Waals surface area contributed by atoms with Crippen molar-refractivity contribution in [2.75, 3.05) is 13.1 Å². The summed E-state index contributed by atoms with van der Waals surface area (Å²) in [5.41, 5.74) is 5.64. The van der Waals surface area contributed by atoms with E-state index < -0.39 is 36.2 Å². The molecule has 0 fully saturated rings. The zero-order valence-electron chi connectivity index (χ0n) is 20.7. The maximum atomic E-state index is 13.7. The third-order valence-corrected chi connectivity index (χ3v) is 11.3. The molecule has 7 nitrogen and oxygen atoms in total. The van der Waals surface area contributed by atoms with Gasteiger partial charge >= 0.3 is 0 Å². The predicted octanol–water partition coefficient (Wildman–Crippen LogP) is 4.66. The van der Waals surface area contributed by atoms with Gasteiger partial charge in [0.05, 0.1) is 26.1 Å². The lowest BCUT2D eigenvalue weighted by molar-refractivity contribution is 0.442. The molecule has 0 bridgehead atoms. The molecule has 0 aliphatic carbocycles. The Kier molecular flexibility index (Phi) is 9.12. The maximum Gasteiger partial charge on any atom is 0.243 e. The minimum atomic E-state index is -4.26. The van der Waals surface area contributed by atoms with Gasteiger partial charge in [-0.3, -0.25) is 0 Å². The number of sulfonamides is 1. The van der Waals surface area contributed by atoms with E-state index in [2.05, 4.69) is 24.6 Å². The number of aryl methyl sites for hydroxylation is 1. The van der Waals surface area contributed by atoms with Crippen molar-refractivity contribution in [1.82, 2.24) is 4.31 Å². The highest BCUT2D eigenvalue weighted by atomic mass is 32.2. The van der Waals surface area contributed by atoms with Crippen molar-refractivity contribution >= 4 is 29.7 Å². The van der Waals surface area contributed by atoms with Crippen molar-refractivity contribution in [3.05, 3.63) is 125 Å². The van der Waals surface area contributed by atoms with Gasteiger partial charge in [0.2, 0.25) is 29.7 Å². The van der Waals surface area contributed by atoms with Crippen molar-refractivity contribution < 1.29 is 25.3 Å². The SMILES string of the molecule is C=C=C(CCN(CC(=C=C)S(=O)(=O)c1ccccc1)S(=O)(=O)c1ccc(C)cc1)S(=O)(=O)c1ccccc1. The Labute approximate surface area is 224 Å². The Morgan fingerprint density at radius 1 is 0.658 bits per heavy atom. The molecular formula is C28H27NO6S3. The number of hydrogen-bond donors (Lipinski definition) is 0. The highest BCUT2D eigenvalue weighted by Gasteiger charge is 2.31. The number of benzene rings is 3. The Bertz CT molecular complexity index is 1720. The third kappa shape index (κ3) is 6.31. The molecule has 0 amide bonds. The number of nitrogens with zero attached hydrogens (tertiary/aromatic N) is 1. The molecule has 198 valence electrons. The van der Waals surface area contributed by atoms with E-state index in [1.807, 2.05) is 0 Å². The fraction of sp³-hybridized carbons (Fsp3) is 0.143. The van der Waals surface area contributed by atoms with Crippen LogP contribution in [0.1, 0.15) is 12.0 Å². The summed E-state index contributed by atoms with van der Waals surface area (Å²) in [6, 6.07) is 21.2. The minimum Gasteiger partial charge on any atom is -0.218 e. The van der Waals surface area contributed by atoms with Gasteiger partial charge in [-0.05, 0) is 43.3 Å². The summed E-state index contributed by atoms with van der Waals surface area (Å²) in [5.74, 6) is 0. The Morgan fingerprint density at radius 3 is 1.55 bits per heavy atom. The summed E-state index contributed by atoms with van der Waals surface area (Å²) < 4.78 is 81.0. The van der Waals surface area contributed by atoms with Crippen molar-refractivity contribution in [3.8, 4) is 0 Å². The second-order valence-corrected chi connectivity index (χ2v) is 14.1. The van der Waals surface area contributed by atoms with Crippen molar-refractivity contribution in [2.24, 2.45) is 0 Å². The van der Waals surface area contributed by atoms with E-state index in [1.165, 1.54) is 36.4 Å². The van der Waals surface area contributed by atoms with Crippen LogP contribution in [0.3, 0.4) is 0 Å². The molecule has 0 aromatic heterocycles. The molecule has 3 rings (SSSR count). The van der Waals surface area contributed by atoms with Gasteiger partial charge in [-0.2, -0.15) is 4.31 Å². The molecule has 38 heavy (non-hydrogen) atoms. The summed E-state index contributed by atoms with van der Waals surface area (Å²) in [6.07, 6.45) is -0.290.